The molecule has 0 N–H and O–H groups in total. The van der Waals surface area contributed by atoms with Crippen molar-refractivity contribution < 1.29 is 4.74 Å². The predicted octanol–water partition coefficient (Wildman–Crippen LogP) is 2.55. The molecule has 3 rings (SSSR count). The highest BCUT2D eigenvalue weighted by atomic mass is 16.5. The van der Waals surface area contributed by atoms with Crippen molar-refractivity contribution in [2.24, 2.45) is 17.8 Å². The number of rotatable bonds is 0. The van der Waals surface area contributed by atoms with E-state index in [1.165, 1.54) is 19.3 Å². The van der Waals surface area contributed by atoms with Gasteiger partial charge in [0.2, 0.25) is 0 Å². The van der Waals surface area contributed by atoms with E-state index in [1.807, 2.05) is 0 Å². The van der Waals surface area contributed by atoms with Crippen LogP contribution < -0.4 is 0 Å². The minimum atomic E-state index is 0.743. The van der Waals surface area contributed by atoms with Crippen molar-refractivity contribution in [1.82, 2.24) is 0 Å². The van der Waals surface area contributed by atoms with Gasteiger partial charge in [-0.3, -0.25) is 0 Å². The van der Waals surface area contributed by atoms with Gasteiger partial charge in [-0.15, -0.1) is 0 Å². The lowest BCUT2D eigenvalue weighted by atomic mass is 9.74. The number of fused-ring (bicyclic) bond motifs is 2. The van der Waals surface area contributed by atoms with Crippen LogP contribution in [-0.4, -0.2) is 13.2 Å². The fourth-order valence-electron chi connectivity index (χ4n) is 2.95. The zero-order valence-corrected chi connectivity index (χ0v) is 7.91. The Hall–Kier alpha value is -0.560. The lowest BCUT2D eigenvalue weighted by Crippen LogP contribution is -2.27. The van der Waals surface area contributed by atoms with Crippen LogP contribution in [0.2, 0.25) is 0 Å². The molecule has 2 aliphatic carbocycles. The normalized spacial score (nSPS) is 42.5. The molecule has 3 unspecified atom stereocenters. The number of hydrogen-bond acceptors (Lipinski definition) is 1. The van der Waals surface area contributed by atoms with Gasteiger partial charge < -0.3 is 4.74 Å². The van der Waals surface area contributed by atoms with Crippen LogP contribution in [0.1, 0.15) is 19.3 Å². The molecular weight excluding hydrogens is 160 g/mol. The van der Waals surface area contributed by atoms with E-state index < -0.39 is 0 Å². The lowest BCUT2D eigenvalue weighted by molar-refractivity contribution is 0.0935. The Bertz CT molecular complexity index is 264. The van der Waals surface area contributed by atoms with Gasteiger partial charge in [0, 0.05) is 6.61 Å². The molecule has 0 amide bonds. The smallest absolute Gasteiger partial charge is 0.0679 e. The van der Waals surface area contributed by atoms with Crippen LogP contribution in [0.25, 0.3) is 0 Å². The zero-order valence-electron chi connectivity index (χ0n) is 7.91. The Kier molecular flexibility index (Phi) is 1.79. The van der Waals surface area contributed by atoms with Crippen molar-refractivity contribution in [3.05, 3.63) is 23.8 Å². The maximum Gasteiger partial charge on any atom is 0.0679 e. The van der Waals surface area contributed by atoms with Crippen LogP contribution in [0.15, 0.2) is 23.8 Å². The fourth-order valence-corrected chi connectivity index (χ4v) is 2.95. The van der Waals surface area contributed by atoms with E-state index >= 15 is 0 Å². The summed E-state index contributed by atoms with van der Waals surface area (Å²) >= 11 is 0. The second-order valence-corrected chi connectivity index (χ2v) is 4.52. The van der Waals surface area contributed by atoms with Gasteiger partial charge in [-0.2, -0.15) is 0 Å². The molecule has 1 heterocycles. The Morgan fingerprint density at radius 2 is 2.38 bits per heavy atom. The molecule has 1 fully saturated rings. The molecule has 0 saturated carbocycles. The number of hydrogen-bond donors (Lipinski definition) is 0. The molecule has 0 radical (unpaired) electrons. The standard InChI is InChI=1S/C12H16O/c1-2-9-6-11-4-5-13-8-12(11)7-10(9)3-1/h1,3,7,9-11H,2,4-6,8H2. The molecule has 0 aromatic rings. The van der Waals surface area contributed by atoms with E-state index in [1.54, 1.807) is 5.57 Å². The third-order valence-electron chi connectivity index (χ3n) is 3.74. The van der Waals surface area contributed by atoms with Crippen LogP contribution >= 0.6 is 0 Å². The van der Waals surface area contributed by atoms with Crippen molar-refractivity contribution in [2.75, 3.05) is 13.2 Å². The predicted molar refractivity (Wildman–Crippen MR) is 52.4 cm³/mol. The summed E-state index contributed by atoms with van der Waals surface area (Å²) in [6, 6.07) is 0. The van der Waals surface area contributed by atoms with Gasteiger partial charge in [0.15, 0.2) is 0 Å². The molecule has 1 aliphatic heterocycles. The third-order valence-corrected chi connectivity index (χ3v) is 3.74. The van der Waals surface area contributed by atoms with Gasteiger partial charge in [0.05, 0.1) is 6.61 Å². The van der Waals surface area contributed by atoms with Gasteiger partial charge in [0.25, 0.3) is 0 Å². The molecule has 1 heteroatoms. The molecule has 0 bridgehead atoms. The monoisotopic (exact) mass is 176 g/mol. The Morgan fingerprint density at radius 1 is 1.38 bits per heavy atom. The van der Waals surface area contributed by atoms with Gasteiger partial charge in [-0.25, -0.2) is 0 Å². The molecule has 0 aromatic heterocycles. The third kappa shape index (κ3) is 1.26. The van der Waals surface area contributed by atoms with E-state index in [-0.39, 0.29) is 0 Å². The minimum absolute atomic E-state index is 0.743. The molecule has 70 valence electrons. The van der Waals surface area contributed by atoms with Crippen LogP contribution in [0.4, 0.5) is 0 Å². The summed E-state index contributed by atoms with van der Waals surface area (Å²) in [6.07, 6.45) is 11.2. The molecule has 3 atom stereocenters. The average Bonchev–Trinajstić information content (AvgIpc) is 2.61. The van der Waals surface area contributed by atoms with Crippen molar-refractivity contribution >= 4 is 0 Å². The minimum Gasteiger partial charge on any atom is -0.377 e. The van der Waals surface area contributed by atoms with Crippen LogP contribution in [0.5, 0.6) is 0 Å². The highest BCUT2D eigenvalue weighted by Gasteiger charge is 2.32. The highest BCUT2D eigenvalue weighted by molar-refractivity contribution is 5.22. The van der Waals surface area contributed by atoms with Gasteiger partial charge in [0.1, 0.15) is 0 Å². The van der Waals surface area contributed by atoms with Gasteiger partial charge in [-0.1, -0.05) is 18.2 Å². The van der Waals surface area contributed by atoms with Gasteiger partial charge >= 0.3 is 0 Å². The van der Waals surface area contributed by atoms with Gasteiger partial charge in [-0.05, 0) is 42.6 Å². The highest BCUT2D eigenvalue weighted by Crippen LogP contribution is 2.41. The Morgan fingerprint density at radius 3 is 3.38 bits per heavy atom. The van der Waals surface area contributed by atoms with Crippen molar-refractivity contribution in [1.29, 1.82) is 0 Å². The lowest BCUT2D eigenvalue weighted by Gasteiger charge is -2.34. The molecule has 1 nitrogen and oxygen atoms in total. The maximum absolute atomic E-state index is 5.50. The molecule has 0 aromatic carbocycles. The molecule has 1 saturated heterocycles. The van der Waals surface area contributed by atoms with Crippen LogP contribution in [0, 0.1) is 17.8 Å². The first-order valence-corrected chi connectivity index (χ1v) is 5.38. The average molecular weight is 176 g/mol. The molecule has 0 spiro atoms. The summed E-state index contributed by atoms with van der Waals surface area (Å²) in [5.41, 5.74) is 1.58. The summed E-state index contributed by atoms with van der Waals surface area (Å²) in [6.45, 7) is 1.88. The summed E-state index contributed by atoms with van der Waals surface area (Å²) in [7, 11) is 0. The molecular formula is C12H16O. The van der Waals surface area contributed by atoms with Crippen molar-refractivity contribution in [3.63, 3.8) is 0 Å². The largest absolute Gasteiger partial charge is 0.377 e. The van der Waals surface area contributed by atoms with Crippen LogP contribution in [-0.2, 0) is 4.74 Å². The zero-order chi connectivity index (χ0) is 8.67. The topological polar surface area (TPSA) is 9.23 Å². The second kappa shape index (κ2) is 2.98. The van der Waals surface area contributed by atoms with E-state index in [0.29, 0.717) is 0 Å². The summed E-state index contributed by atoms with van der Waals surface area (Å²) < 4.78 is 5.50. The summed E-state index contributed by atoms with van der Waals surface area (Å²) in [4.78, 5) is 0. The maximum atomic E-state index is 5.50. The first-order chi connectivity index (χ1) is 6.43. The van der Waals surface area contributed by atoms with E-state index in [0.717, 1.165) is 31.0 Å². The molecule has 13 heavy (non-hydrogen) atoms. The quantitative estimate of drug-likeness (QED) is 0.515. The van der Waals surface area contributed by atoms with Crippen LogP contribution in [0.3, 0.4) is 0 Å². The summed E-state index contributed by atoms with van der Waals surface area (Å²) in [5, 5.41) is 0. The second-order valence-electron chi connectivity index (χ2n) is 4.52. The SMILES string of the molecule is C1=CC2C=C3COCCC3CC2C1. The van der Waals surface area contributed by atoms with Crippen molar-refractivity contribution in [3.8, 4) is 0 Å². The molecule has 3 aliphatic rings. The van der Waals surface area contributed by atoms with E-state index in [2.05, 4.69) is 18.2 Å². The Balaban J connectivity index is 1.86. The van der Waals surface area contributed by atoms with E-state index in [4.69, 9.17) is 4.74 Å². The first-order valence-electron chi connectivity index (χ1n) is 5.38. The fraction of sp³-hybridized carbons (Fsp3) is 0.667. The first kappa shape index (κ1) is 7.81. The van der Waals surface area contributed by atoms with Crippen molar-refractivity contribution in [2.45, 2.75) is 19.3 Å². The Labute approximate surface area is 79.5 Å². The number of ether oxygens (including phenoxy) is 1. The van der Waals surface area contributed by atoms with E-state index in [9.17, 15) is 0 Å². The summed E-state index contributed by atoms with van der Waals surface area (Å²) in [5.74, 6) is 2.52. The number of allylic oxidation sites excluding steroid dienone is 3.